The number of nitrogens with two attached hydrogens (primary N) is 1. The SMILES string of the molecule is Nc1cccc2c3c([nH]c12)C(=O)CNC3. The van der Waals surface area contributed by atoms with Crippen LogP contribution in [0, 0.1) is 0 Å². The summed E-state index contributed by atoms with van der Waals surface area (Å²) in [5.41, 5.74) is 9.16. The van der Waals surface area contributed by atoms with Crippen LogP contribution in [0.25, 0.3) is 10.9 Å². The van der Waals surface area contributed by atoms with Gasteiger partial charge in [-0.2, -0.15) is 0 Å². The van der Waals surface area contributed by atoms with Gasteiger partial charge in [0, 0.05) is 17.5 Å². The van der Waals surface area contributed by atoms with E-state index in [0.29, 0.717) is 17.9 Å². The summed E-state index contributed by atoms with van der Waals surface area (Å²) in [6, 6.07) is 5.73. The summed E-state index contributed by atoms with van der Waals surface area (Å²) in [4.78, 5) is 14.8. The standard InChI is InChI=1S/C11H11N3O/c12-8-3-1-2-6-7-4-13-5-9(15)11(7)14-10(6)8/h1-3,13-14H,4-5,12H2. The van der Waals surface area contributed by atoms with Crippen LogP contribution in [0.5, 0.6) is 0 Å². The predicted octanol–water partition coefficient (Wildman–Crippen LogP) is 1.04. The fourth-order valence-electron chi connectivity index (χ4n) is 2.11. The van der Waals surface area contributed by atoms with Crippen molar-refractivity contribution >= 4 is 22.4 Å². The lowest BCUT2D eigenvalue weighted by Gasteiger charge is -2.11. The number of para-hydroxylation sites is 1. The van der Waals surface area contributed by atoms with Crippen LogP contribution >= 0.6 is 0 Å². The Labute approximate surface area is 86.5 Å². The maximum atomic E-state index is 11.6. The van der Waals surface area contributed by atoms with Crippen molar-refractivity contribution in [3.63, 3.8) is 0 Å². The Balaban J connectivity index is 2.40. The number of fused-ring (bicyclic) bond motifs is 3. The Bertz CT molecular complexity index is 556. The van der Waals surface area contributed by atoms with Gasteiger partial charge in [0.2, 0.25) is 0 Å². The average molecular weight is 201 g/mol. The number of nitrogen functional groups attached to an aromatic ring is 1. The number of anilines is 1. The second kappa shape index (κ2) is 2.84. The highest BCUT2D eigenvalue weighted by Crippen LogP contribution is 2.28. The van der Waals surface area contributed by atoms with E-state index < -0.39 is 0 Å². The molecule has 2 heterocycles. The molecule has 0 amide bonds. The molecule has 4 heteroatoms. The molecule has 76 valence electrons. The molecule has 4 nitrogen and oxygen atoms in total. The van der Waals surface area contributed by atoms with E-state index in [1.165, 1.54) is 0 Å². The molecule has 0 aliphatic carbocycles. The summed E-state index contributed by atoms with van der Waals surface area (Å²) in [5.74, 6) is 0.104. The molecule has 1 aliphatic rings. The molecule has 3 rings (SSSR count). The summed E-state index contributed by atoms with van der Waals surface area (Å²) in [5, 5.41) is 4.12. The van der Waals surface area contributed by atoms with Crippen LogP contribution in [0.15, 0.2) is 18.2 Å². The van der Waals surface area contributed by atoms with Crippen LogP contribution in [0.1, 0.15) is 16.1 Å². The predicted molar refractivity (Wildman–Crippen MR) is 58.7 cm³/mol. The second-order valence-electron chi connectivity index (χ2n) is 3.78. The van der Waals surface area contributed by atoms with Gasteiger partial charge in [-0.15, -0.1) is 0 Å². The van der Waals surface area contributed by atoms with Crippen LogP contribution < -0.4 is 11.1 Å². The highest BCUT2D eigenvalue weighted by molar-refractivity contribution is 6.06. The van der Waals surface area contributed by atoms with Gasteiger partial charge in [0.05, 0.1) is 23.4 Å². The second-order valence-corrected chi connectivity index (χ2v) is 3.78. The van der Waals surface area contributed by atoms with Crippen LogP contribution in [-0.2, 0) is 6.54 Å². The molecule has 0 saturated heterocycles. The van der Waals surface area contributed by atoms with Crippen molar-refractivity contribution in [2.75, 3.05) is 12.3 Å². The number of aromatic amines is 1. The number of nitrogens with one attached hydrogen (secondary N) is 2. The van der Waals surface area contributed by atoms with Gasteiger partial charge in [0.1, 0.15) is 0 Å². The van der Waals surface area contributed by atoms with Gasteiger partial charge in [-0.05, 0) is 6.07 Å². The number of benzene rings is 1. The first-order valence-corrected chi connectivity index (χ1v) is 4.90. The van der Waals surface area contributed by atoms with Gasteiger partial charge < -0.3 is 16.0 Å². The Hall–Kier alpha value is -1.81. The van der Waals surface area contributed by atoms with Gasteiger partial charge in [-0.3, -0.25) is 4.79 Å². The number of ketones is 1. The van der Waals surface area contributed by atoms with Crippen molar-refractivity contribution in [3.05, 3.63) is 29.5 Å². The fraction of sp³-hybridized carbons (Fsp3) is 0.182. The van der Waals surface area contributed by atoms with E-state index in [1.807, 2.05) is 18.2 Å². The largest absolute Gasteiger partial charge is 0.397 e. The molecule has 15 heavy (non-hydrogen) atoms. The summed E-state index contributed by atoms with van der Waals surface area (Å²) >= 11 is 0. The van der Waals surface area contributed by atoms with Crippen LogP contribution in [0.3, 0.4) is 0 Å². The molecule has 0 radical (unpaired) electrons. The van der Waals surface area contributed by atoms with Crippen LogP contribution in [0.4, 0.5) is 5.69 Å². The molecule has 1 aromatic heterocycles. The molecule has 1 aliphatic heterocycles. The highest BCUT2D eigenvalue weighted by Gasteiger charge is 2.21. The van der Waals surface area contributed by atoms with Crippen molar-refractivity contribution in [2.24, 2.45) is 0 Å². The van der Waals surface area contributed by atoms with E-state index >= 15 is 0 Å². The molecule has 0 fully saturated rings. The zero-order valence-electron chi connectivity index (χ0n) is 8.13. The van der Waals surface area contributed by atoms with E-state index in [-0.39, 0.29) is 5.78 Å². The Morgan fingerprint density at radius 1 is 1.27 bits per heavy atom. The monoisotopic (exact) mass is 201 g/mol. The zero-order chi connectivity index (χ0) is 10.4. The lowest BCUT2D eigenvalue weighted by Crippen LogP contribution is -2.29. The van der Waals surface area contributed by atoms with E-state index in [2.05, 4.69) is 10.3 Å². The van der Waals surface area contributed by atoms with Gasteiger partial charge >= 0.3 is 0 Å². The number of hydrogen-bond donors (Lipinski definition) is 3. The number of carbonyl (C=O) groups is 1. The molecule has 0 spiro atoms. The molecular weight excluding hydrogens is 190 g/mol. The molecule has 0 saturated carbocycles. The lowest BCUT2D eigenvalue weighted by atomic mass is 10.1. The fourth-order valence-corrected chi connectivity index (χ4v) is 2.11. The zero-order valence-corrected chi connectivity index (χ0v) is 8.13. The van der Waals surface area contributed by atoms with Crippen LogP contribution in [-0.4, -0.2) is 17.3 Å². The van der Waals surface area contributed by atoms with Crippen molar-refractivity contribution in [3.8, 4) is 0 Å². The maximum absolute atomic E-state index is 11.6. The van der Waals surface area contributed by atoms with Crippen molar-refractivity contribution in [2.45, 2.75) is 6.54 Å². The third-order valence-corrected chi connectivity index (χ3v) is 2.84. The Kier molecular flexibility index (Phi) is 1.61. The summed E-state index contributed by atoms with van der Waals surface area (Å²) in [7, 11) is 0. The minimum absolute atomic E-state index is 0.104. The van der Waals surface area contributed by atoms with Crippen molar-refractivity contribution in [1.82, 2.24) is 10.3 Å². The first kappa shape index (κ1) is 8.49. The van der Waals surface area contributed by atoms with Gasteiger partial charge in [-0.1, -0.05) is 12.1 Å². The molecule has 0 bridgehead atoms. The minimum Gasteiger partial charge on any atom is -0.397 e. The molecule has 2 aromatic rings. The number of carbonyl (C=O) groups excluding carboxylic acids is 1. The first-order chi connectivity index (χ1) is 7.27. The van der Waals surface area contributed by atoms with E-state index in [1.54, 1.807) is 0 Å². The third kappa shape index (κ3) is 1.08. The van der Waals surface area contributed by atoms with E-state index in [9.17, 15) is 4.79 Å². The minimum atomic E-state index is 0.104. The lowest BCUT2D eigenvalue weighted by molar-refractivity contribution is 0.0978. The number of aromatic nitrogens is 1. The molecule has 0 atom stereocenters. The van der Waals surface area contributed by atoms with Gasteiger partial charge in [0.15, 0.2) is 5.78 Å². The third-order valence-electron chi connectivity index (χ3n) is 2.84. The molecule has 4 N–H and O–H groups in total. The number of rotatable bonds is 0. The first-order valence-electron chi connectivity index (χ1n) is 4.90. The molecule has 0 unspecified atom stereocenters. The number of Topliss-reactive ketones (excluding diaryl/α,β-unsaturated/α-hetero) is 1. The number of H-pyrrole nitrogens is 1. The van der Waals surface area contributed by atoms with Gasteiger partial charge in [0.25, 0.3) is 0 Å². The maximum Gasteiger partial charge on any atom is 0.193 e. The highest BCUT2D eigenvalue weighted by atomic mass is 16.1. The molecular formula is C11H11N3O. The summed E-state index contributed by atoms with van der Waals surface area (Å²) in [6.45, 7) is 1.13. The smallest absolute Gasteiger partial charge is 0.193 e. The number of hydrogen-bond acceptors (Lipinski definition) is 3. The summed E-state index contributed by atoms with van der Waals surface area (Å²) < 4.78 is 0. The van der Waals surface area contributed by atoms with Crippen molar-refractivity contribution in [1.29, 1.82) is 0 Å². The summed E-state index contributed by atoms with van der Waals surface area (Å²) in [6.07, 6.45) is 0. The van der Waals surface area contributed by atoms with E-state index in [0.717, 1.165) is 23.0 Å². The van der Waals surface area contributed by atoms with E-state index in [4.69, 9.17) is 5.73 Å². The Morgan fingerprint density at radius 2 is 2.13 bits per heavy atom. The Morgan fingerprint density at radius 3 is 3.00 bits per heavy atom. The average Bonchev–Trinajstić information content (AvgIpc) is 2.60. The van der Waals surface area contributed by atoms with Crippen LogP contribution in [0.2, 0.25) is 0 Å². The normalized spacial score (nSPS) is 15.6. The van der Waals surface area contributed by atoms with Gasteiger partial charge in [-0.25, -0.2) is 0 Å². The van der Waals surface area contributed by atoms with Crippen molar-refractivity contribution < 1.29 is 4.79 Å². The topological polar surface area (TPSA) is 70.9 Å². The quantitative estimate of drug-likeness (QED) is 0.557. The molecule has 1 aromatic carbocycles.